The number of carboxylic acids is 1. The van der Waals surface area contributed by atoms with Crippen LogP contribution in [0, 0.1) is 0 Å². The molecule has 0 atom stereocenters. The maximum atomic E-state index is 10.6. The van der Waals surface area contributed by atoms with Crippen LogP contribution in [0.25, 0.3) is 0 Å². The molecule has 0 saturated heterocycles. The molecule has 1 aromatic rings. The van der Waals surface area contributed by atoms with Crippen molar-refractivity contribution in [2.45, 2.75) is 31.6 Å². The normalized spacial score (nSPS) is 19.5. The molecule has 0 spiro atoms. The number of carbonyl (C=O) groups is 1. The first kappa shape index (κ1) is 8.29. The molecule has 1 heterocycles. The molecular formula is C9H12N2O2. The minimum absolute atomic E-state index is 0.0446. The third kappa shape index (κ3) is 1.22. The molecule has 1 aliphatic rings. The van der Waals surface area contributed by atoms with E-state index >= 15 is 0 Å². The Morgan fingerprint density at radius 2 is 2.38 bits per heavy atom. The second kappa shape index (κ2) is 2.58. The van der Waals surface area contributed by atoms with Gasteiger partial charge in [-0.05, 0) is 12.8 Å². The third-order valence-corrected chi connectivity index (χ3v) is 2.89. The van der Waals surface area contributed by atoms with Gasteiger partial charge in [0.15, 0.2) is 0 Å². The Bertz CT molecular complexity index is 339. The summed E-state index contributed by atoms with van der Waals surface area (Å²) in [5.74, 6) is -0.947. The fourth-order valence-corrected chi connectivity index (χ4v) is 1.71. The fourth-order valence-electron chi connectivity index (χ4n) is 1.71. The Labute approximate surface area is 76.0 Å². The summed E-state index contributed by atoms with van der Waals surface area (Å²) in [5, 5.41) is 8.66. The molecule has 4 heteroatoms. The Hall–Kier alpha value is -1.32. The van der Waals surface area contributed by atoms with E-state index in [1.165, 1.54) is 6.42 Å². The second-order valence-electron chi connectivity index (χ2n) is 3.86. The van der Waals surface area contributed by atoms with E-state index in [9.17, 15) is 4.79 Å². The van der Waals surface area contributed by atoms with Gasteiger partial charge in [-0.1, -0.05) is 13.3 Å². The first-order valence-electron chi connectivity index (χ1n) is 4.41. The number of imidazole rings is 1. The Balaban J connectivity index is 2.27. The van der Waals surface area contributed by atoms with Crippen LogP contribution in [0.2, 0.25) is 0 Å². The average molecular weight is 180 g/mol. The van der Waals surface area contributed by atoms with Gasteiger partial charge in [-0.3, -0.25) is 0 Å². The molecule has 1 fully saturated rings. The molecule has 0 unspecified atom stereocenters. The van der Waals surface area contributed by atoms with E-state index in [-0.39, 0.29) is 11.2 Å². The van der Waals surface area contributed by atoms with Gasteiger partial charge >= 0.3 is 5.97 Å². The topological polar surface area (TPSA) is 66.0 Å². The first-order valence-corrected chi connectivity index (χ1v) is 4.41. The molecule has 70 valence electrons. The molecule has 0 aliphatic heterocycles. The van der Waals surface area contributed by atoms with Crippen LogP contribution in [0.4, 0.5) is 0 Å². The SMILES string of the molecule is CC1(c2cnc(C(=O)O)[nH]2)CCC1. The summed E-state index contributed by atoms with van der Waals surface area (Å²) >= 11 is 0. The highest BCUT2D eigenvalue weighted by Gasteiger charge is 2.35. The number of hydrogen-bond donors (Lipinski definition) is 2. The summed E-state index contributed by atoms with van der Waals surface area (Å²) < 4.78 is 0. The molecule has 13 heavy (non-hydrogen) atoms. The number of rotatable bonds is 2. The Kier molecular flexibility index (Phi) is 1.65. The van der Waals surface area contributed by atoms with E-state index in [0.717, 1.165) is 18.5 Å². The standard InChI is InChI=1S/C9H12N2O2/c1-9(3-2-4-9)6-5-10-7(11-6)8(12)13/h5H,2-4H2,1H3,(H,10,11)(H,12,13). The second-order valence-corrected chi connectivity index (χ2v) is 3.86. The number of carboxylic acid groups (broad SMARTS) is 1. The summed E-state index contributed by atoms with van der Waals surface area (Å²) in [7, 11) is 0. The van der Waals surface area contributed by atoms with Gasteiger partial charge < -0.3 is 10.1 Å². The zero-order chi connectivity index (χ0) is 9.47. The molecule has 2 rings (SSSR count). The molecular weight excluding hydrogens is 168 g/mol. The highest BCUT2D eigenvalue weighted by Crippen LogP contribution is 2.42. The molecule has 1 saturated carbocycles. The van der Waals surface area contributed by atoms with E-state index in [1.54, 1.807) is 6.20 Å². The lowest BCUT2D eigenvalue weighted by Crippen LogP contribution is -2.30. The number of nitrogens with one attached hydrogen (secondary N) is 1. The van der Waals surface area contributed by atoms with Crippen LogP contribution in [0.15, 0.2) is 6.20 Å². The predicted molar refractivity (Wildman–Crippen MR) is 46.8 cm³/mol. The van der Waals surface area contributed by atoms with Crippen LogP contribution in [0.5, 0.6) is 0 Å². The maximum absolute atomic E-state index is 10.6. The first-order chi connectivity index (χ1) is 6.12. The summed E-state index contributed by atoms with van der Waals surface area (Å²) in [5.41, 5.74) is 1.09. The number of aromatic amines is 1. The van der Waals surface area contributed by atoms with Crippen molar-refractivity contribution in [1.82, 2.24) is 9.97 Å². The summed E-state index contributed by atoms with van der Waals surface area (Å²) in [4.78, 5) is 17.2. The van der Waals surface area contributed by atoms with Crippen LogP contribution in [-0.2, 0) is 5.41 Å². The molecule has 2 N–H and O–H groups in total. The lowest BCUT2D eigenvalue weighted by atomic mass is 9.68. The quantitative estimate of drug-likeness (QED) is 0.725. The average Bonchev–Trinajstić information content (AvgIpc) is 2.48. The van der Waals surface area contributed by atoms with Gasteiger partial charge in [0.1, 0.15) is 0 Å². The third-order valence-electron chi connectivity index (χ3n) is 2.89. The van der Waals surface area contributed by atoms with Gasteiger partial charge in [-0.15, -0.1) is 0 Å². The van der Waals surface area contributed by atoms with E-state index < -0.39 is 5.97 Å². The number of aromatic nitrogens is 2. The number of hydrogen-bond acceptors (Lipinski definition) is 2. The van der Waals surface area contributed by atoms with Crippen LogP contribution in [0.3, 0.4) is 0 Å². The van der Waals surface area contributed by atoms with Gasteiger partial charge in [-0.2, -0.15) is 0 Å². The van der Waals surface area contributed by atoms with Crippen LogP contribution in [-0.4, -0.2) is 21.0 Å². The molecule has 0 radical (unpaired) electrons. The minimum Gasteiger partial charge on any atom is -0.475 e. The van der Waals surface area contributed by atoms with Crippen molar-refractivity contribution >= 4 is 5.97 Å². The summed E-state index contributed by atoms with van der Waals surface area (Å²) in [6.07, 6.45) is 5.10. The van der Waals surface area contributed by atoms with Gasteiger partial charge in [0.05, 0.1) is 0 Å². The van der Waals surface area contributed by atoms with Crippen molar-refractivity contribution in [2.24, 2.45) is 0 Å². The monoisotopic (exact) mass is 180 g/mol. The predicted octanol–water partition coefficient (Wildman–Crippen LogP) is 1.55. The Morgan fingerprint density at radius 1 is 1.69 bits per heavy atom. The van der Waals surface area contributed by atoms with Gasteiger partial charge in [0.25, 0.3) is 0 Å². The van der Waals surface area contributed by atoms with E-state index in [1.807, 2.05) is 0 Å². The fraction of sp³-hybridized carbons (Fsp3) is 0.556. The molecule has 1 aromatic heterocycles. The van der Waals surface area contributed by atoms with Gasteiger partial charge in [0.2, 0.25) is 5.82 Å². The minimum atomic E-state index is -0.992. The lowest BCUT2D eigenvalue weighted by molar-refractivity contribution is 0.0684. The summed E-state index contributed by atoms with van der Waals surface area (Å²) in [6, 6.07) is 0. The smallest absolute Gasteiger partial charge is 0.371 e. The van der Waals surface area contributed by atoms with Crippen molar-refractivity contribution < 1.29 is 9.90 Å². The largest absolute Gasteiger partial charge is 0.475 e. The molecule has 1 aliphatic carbocycles. The molecule has 0 amide bonds. The Morgan fingerprint density at radius 3 is 2.77 bits per heavy atom. The zero-order valence-electron chi connectivity index (χ0n) is 7.50. The van der Waals surface area contributed by atoms with E-state index in [0.29, 0.717) is 0 Å². The maximum Gasteiger partial charge on any atom is 0.371 e. The lowest BCUT2D eigenvalue weighted by Gasteiger charge is -2.37. The van der Waals surface area contributed by atoms with E-state index in [4.69, 9.17) is 5.11 Å². The molecule has 0 aromatic carbocycles. The van der Waals surface area contributed by atoms with Crippen LogP contribution in [0.1, 0.15) is 42.5 Å². The van der Waals surface area contributed by atoms with Crippen molar-refractivity contribution in [1.29, 1.82) is 0 Å². The van der Waals surface area contributed by atoms with Gasteiger partial charge in [-0.25, -0.2) is 9.78 Å². The number of H-pyrrole nitrogens is 1. The number of aromatic carboxylic acids is 1. The van der Waals surface area contributed by atoms with Gasteiger partial charge in [0, 0.05) is 17.3 Å². The highest BCUT2D eigenvalue weighted by molar-refractivity contribution is 5.83. The van der Waals surface area contributed by atoms with Crippen LogP contribution >= 0.6 is 0 Å². The zero-order valence-corrected chi connectivity index (χ0v) is 7.50. The molecule has 4 nitrogen and oxygen atoms in total. The van der Waals surface area contributed by atoms with E-state index in [2.05, 4.69) is 16.9 Å². The van der Waals surface area contributed by atoms with Crippen molar-refractivity contribution in [3.05, 3.63) is 17.7 Å². The van der Waals surface area contributed by atoms with Crippen LogP contribution < -0.4 is 0 Å². The number of nitrogens with zero attached hydrogens (tertiary/aromatic N) is 1. The van der Waals surface area contributed by atoms with Crippen molar-refractivity contribution in [3.63, 3.8) is 0 Å². The molecule has 0 bridgehead atoms. The van der Waals surface area contributed by atoms with Crippen molar-refractivity contribution in [2.75, 3.05) is 0 Å². The highest BCUT2D eigenvalue weighted by atomic mass is 16.4. The summed E-state index contributed by atoms with van der Waals surface area (Å²) in [6.45, 7) is 2.13. The van der Waals surface area contributed by atoms with Crippen molar-refractivity contribution in [3.8, 4) is 0 Å².